The van der Waals surface area contributed by atoms with Crippen molar-refractivity contribution < 1.29 is 38.1 Å². The Kier molecular flexibility index (Phi) is 7.49. The van der Waals surface area contributed by atoms with E-state index < -0.39 is 24.4 Å². The molecule has 1 aromatic carbocycles. The molecule has 0 fully saturated rings. The summed E-state index contributed by atoms with van der Waals surface area (Å²) in [5, 5.41) is 2.55. The minimum Gasteiger partial charge on any atom is -0.452 e. The number of benzene rings is 1. The summed E-state index contributed by atoms with van der Waals surface area (Å²) in [5.74, 6) is 0.289. The van der Waals surface area contributed by atoms with Gasteiger partial charge in [0.25, 0.3) is 0 Å². The monoisotopic (exact) mass is 437 g/mol. The van der Waals surface area contributed by atoms with Crippen LogP contribution in [-0.2, 0) is 25.5 Å². The zero-order chi connectivity index (χ0) is 23.1. The van der Waals surface area contributed by atoms with E-state index in [0.29, 0.717) is 10.8 Å². The molecule has 168 valence electrons. The molecule has 1 aromatic heterocycles. The molecule has 2 rings (SSSR count). The molecule has 0 atom stereocenters. The number of rotatable bonds is 3. The average molecular weight is 437 g/mol. The Hall–Kier alpha value is -4.16. The molecule has 0 bridgehead atoms. The summed E-state index contributed by atoms with van der Waals surface area (Å²) in [6.07, 6.45) is -3.73. The van der Waals surface area contributed by atoms with Crippen LogP contribution in [0.5, 0.6) is 0 Å². The van der Waals surface area contributed by atoms with Gasteiger partial charge in [-0.05, 0) is 6.92 Å². The third kappa shape index (κ3) is 4.55. The second-order valence-corrected chi connectivity index (χ2v) is 5.75. The normalized spacial score (nSPS) is 10.1. The molecule has 0 radical (unpaired) electrons. The predicted molar refractivity (Wildman–Crippen MR) is 108 cm³/mol. The molecular formula is C18H23N5O8. The smallest absolute Gasteiger partial charge is 0.434 e. The lowest BCUT2D eigenvalue weighted by atomic mass is 10.2. The summed E-state index contributed by atoms with van der Waals surface area (Å²) in [7, 11) is 4.53. The third-order valence-electron chi connectivity index (χ3n) is 4.15. The van der Waals surface area contributed by atoms with Gasteiger partial charge < -0.3 is 23.5 Å². The molecule has 0 unspecified atom stereocenters. The van der Waals surface area contributed by atoms with Crippen molar-refractivity contribution in [3.8, 4) is 0 Å². The number of methoxy groups -OCH3 is 4. The van der Waals surface area contributed by atoms with Gasteiger partial charge in [-0.15, -0.1) is 0 Å². The first-order valence-corrected chi connectivity index (χ1v) is 8.91. The molecule has 0 aliphatic carbocycles. The highest BCUT2D eigenvalue weighted by atomic mass is 16.6. The number of fused-ring (bicyclic) bond motifs is 1. The second-order valence-electron chi connectivity index (χ2n) is 5.75. The van der Waals surface area contributed by atoms with Crippen LogP contribution in [0, 0.1) is 0 Å². The minimum absolute atomic E-state index is 0.144. The minimum atomic E-state index is -0.933. The summed E-state index contributed by atoms with van der Waals surface area (Å²) < 4.78 is 20.3. The van der Waals surface area contributed by atoms with Gasteiger partial charge in [-0.1, -0.05) is 24.3 Å². The first-order valence-electron chi connectivity index (χ1n) is 8.91. The number of hydrogen-bond donors (Lipinski definition) is 2. The number of carbonyl (C=O) groups is 4. The number of hydrazine groups is 2. The van der Waals surface area contributed by atoms with Crippen LogP contribution < -0.4 is 20.9 Å². The van der Waals surface area contributed by atoms with Gasteiger partial charge in [0.2, 0.25) is 0 Å². The molecule has 0 saturated heterocycles. The van der Waals surface area contributed by atoms with E-state index in [4.69, 9.17) is 9.47 Å². The molecule has 2 N–H and O–H groups in total. The third-order valence-corrected chi connectivity index (χ3v) is 4.15. The first-order chi connectivity index (χ1) is 14.8. The highest BCUT2D eigenvalue weighted by Crippen LogP contribution is 2.38. The van der Waals surface area contributed by atoms with Crippen molar-refractivity contribution in [2.45, 2.75) is 13.5 Å². The number of amides is 4. The van der Waals surface area contributed by atoms with Crippen LogP contribution in [0.25, 0.3) is 10.8 Å². The van der Waals surface area contributed by atoms with Crippen LogP contribution >= 0.6 is 0 Å². The Bertz CT molecular complexity index is 914. The fraction of sp³-hybridized carbons (Fsp3) is 0.333. The molecule has 0 saturated carbocycles. The fourth-order valence-corrected chi connectivity index (χ4v) is 2.87. The van der Waals surface area contributed by atoms with Crippen LogP contribution in [-0.4, -0.2) is 57.4 Å². The zero-order valence-electron chi connectivity index (χ0n) is 17.6. The van der Waals surface area contributed by atoms with Crippen LogP contribution in [0.3, 0.4) is 0 Å². The van der Waals surface area contributed by atoms with Gasteiger partial charge in [0.05, 0.1) is 28.4 Å². The van der Waals surface area contributed by atoms with Crippen molar-refractivity contribution in [2.24, 2.45) is 0 Å². The Balaban J connectivity index is 2.85. The molecule has 13 heteroatoms. The molecule has 13 nitrogen and oxygen atoms in total. The van der Waals surface area contributed by atoms with Crippen molar-refractivity contribution in [3.05, 3.63) is 24.3 Å². The molecule has 4 amide bonds. The van der Waals surface area contributed by atoms with Gasteiger partial charge in [0, 0.05) is 17.3 Å². The lowest BCUT2D eigenvalue weighted by molar-refractivity contribution is 0.156. The predicted octanol–water partition coefficient (Wildman–Crippen LogP) is 2.35. The molecule has 31 heavy (non-hydrogen) atoms. The number of hydrogen-bond acceptors (Lipinski definition) is 8. The summed E-state index contributed by atoms with van der Waals surface area (Å²) in [6, 6.07) is 6.70. The summed E-state index contributed by atoms with van der Waals surface area (Å²) >= 11 is 0. The lowest BCUT2D eigenvalue weighted by Gasteiger charge is -2.26. The van der Waals surface area contributed by atoms with Gasteiger partial charge >= 0.3 is 24.4 Å². The Morgan fingerprint density at radius 1 is 0.774 bits per heavy atom. The van der Waals surface area contributed by atoms with Crippen molar-refractivity contribution in [2.75, 3.05) is 38.5 Å². The topological polar surface area (TPSA) is 141 Å². The van der Waals surface area contributed by atoms with Gasteiger partial charge in [-0.2, -0.15) is 10.0 Å². The van der Waals surface area contributed by atoms with Crippen molar-refractivity contribution in [1.82, 2.24) is 15.4 Å². The maximum Gasteiger partial charge on any atom is 0.434 e. The molecule has 0 aliphatic heterocycles. The Labute approximate surface area is 177 Å². The number of aromatic nitrogens is 1. The maximum absolute atomic E-state index is 12.5. The van der Waals surface area contributed by atoms with E-state index in [9.17, 15) is 19.2 Å². The van der Waals surface area contributed by atoms with E-state index in [0.717, 1.165) is 38.5 Å². The van der Waals surface area contributed by atoms with Crippen LogP contribution in [0.4, 0.5) is 30.8 Å². The highest BCUT2D eigenvalue weighted by Gasteiger charge is 2.32. The quantitative estimate of drug-likeness (QED) is 0.551. The number of nitrogens with zero attached hydrogens (tertiary/aromatic N) is 3. The summed E-state index contributed by atoms with van der Waals surface area (Å²) in [6.45, 7) is 1.93. The van der Waals surface area contributed by atoms with E-state index in [-0.39, 0.29) is 18.2 Å². The van der Waals surface area contributed by atoms with E-state index in [1.165, 1.54) is 4.57 Å². The standard InChI is InChI=1S/C18H23N5O8/c1-6-21-13(22(17(26)30-4)19-15(24)28-2)11-9-7-8-10-12(11)14(21)23(18(27)31-5)20-16(25)29-3/h7-10H,6H2,1-5H3,(H,19,24)(H,20,25). The Morgan fingerprint density at radius 2 is 1.16 bits per heavy atom. The number of ether oxygens (including phenoxy) is 4. The maximum atomic E-state index is 12.5. The lowest BCUT2D eigenvalue weighted by Crippen LogP contribution is -2.49. The zero-order valence-corrected chi connectivity index (χ0v) is 17.6. The highest BCUT2D eigenvalue weighted by molar-refractivity contribution is 6.10. The molecular weight excluding hydrogens is 414 g/mol. The van der Waals surface area contributed by atoms with Crippen LogP contribution in [0.15, 0.2) is 24.3 Å². The van der Waals surface area contributed by atoms with Crippen LogP contribution in [0.2, 0.25) is 0 Å². The number of anilines is 2. The van der Waals surface area contributed by atoms with Gasteiger partial charge in [0.1, 0.15) is 11.6 Å². The number of carbonyl (C=O) groups excluding carboxylic acids is 4. The van der Waals surface area contributed by atoms with Gasteiger partial charge in [0.15, 0.2) is 0 Å². The average Bonchev–Trinajstić information content (AvgIpc) is 3.13. The SMILES string of the molecule is CCn1c(N(NC(=O)OC)C(=O)OC)c2ccccc2c1N(NC(=O)OC)C(=O)OC. The molecule has 2 aromatic rings. The van der Waals surface area contributed by atoms with Crippen LogP contribution in [0.1, 0.15) is 6.92 Å². The van der Waals surface area contributed by atoms with Crippen molar-refractivity contribution in [1.29, 1.82) is 0 Å². The van der Waals surface area contributed by atoms with E-state index in [2.05, 4.69) is 20.3 Å². The van der Waals surface area contributed by atoms with E-state index >= 15 is 0 Å². The first kappa shape index (κ1) is 23.1. The van der Waals surface area contributed by atoms with E-state index in [1.807, 2.05) is 0 Å². The molecule has 1 heterocycles. The number of nitrogens with one attached hydrogen (secondary N) is 2. The fourth-order valence-electron chi connectivity index (χ4n) is 2.87. The van der Waals surface area contributed by atoms with E-state index in [1.54, 1.807) is 31.2 Å². The largest absolute Gasteiger partial charge is 0.452 e. The van der Waals surface area contributed by atoms with Gasteiger partial charge in [-0.3, -0.25) is 0 Å². The summed E-state index contributed by atoms with van der Waals surface area (Å²) in [5.41, 5.74) is 4.56. The second kappa shape index (κ2) is 10.0. The van der Waals surface area contributed by atoms with Gasteiger partial charge in [-0.25, -0.2) is 30.0 Å². The Morgan fingerprint density at radius 3 is 1.45 bits per heavy atom. The molecule has 0 spiro atoms. The summed E-state index contributed by atoms with van der Waals surface area (Å²) in [4.78, 5) is 48.8. The van der Waals surface area contributed by atoms with Crippen molar-refractivity contribution >= 4 is 46.8 Å². The molecule has 0 aliphatic rings. The van der Waals surface area contributed by atoms with Crippen molar-refractivity contribution in [3.63, 3.8) is 0 Å².